The predicted octanol–water partition coefficient (Wildman–Crippen LogP) is 5.54. The van der Waals surface area contributed by atoms with E-state index in [1.165, 1.54) is 42.8 Å². The molecule has 0 fully saturated rings. The van der Waals surface area contributed by atoms with Crippen LogP contribution in [0.15, 0.2) is 0 Å². The van der Waals surface area contributed by atoms with Gasteiger partial charge in [-0.15, -0.1) is 23.4 Å². The van der Waals surface area contributed by atoms with Crippen LogP contribution in [0.25, 0.3) is 0 Å². The van der Waals surface area contributed by atoms with E-state index in [0.29, 0.717) is 23.4 Å². The highest BCUT2D eigenvalue weighted by Crippen LogP contribution is 2.67. The van der Waals surface area contributed by atoms with E-state index in [2.05, 4.69) is 41.5 Å². The number of hydrogen-bond acceptors (Lipinski definition) is 0. The van der Waals surface area contributed by atoms with E-state index >= 15 is 0 Å². The summed E-state index contributed by atoms with van der Waals surface area (Å²) in [6.07, 6.45) is 8.80. The fraction of sp³-hybridized carbons (Fsp3) is 1.00. The van der Waals surface area contributed by atoms with Gasteiger partial charge in [-0.3, -0.25) is 0 Å². The van der Waals surface area contributed by atoms with Crippen molar-refractivity contribution < 1.29 is 0 Å². The lowest BCUT2D eigenvalue weighted by Gasteiger charge is -2.35. The molecule has 0 nitrogen and oxygen atoms in total. The van der Waals surface area contributed by atoms with Crippen molar-refractivity contribution in [1.82, 2.24) is 0 Å². The summed E-state index contributed by atoms with van der Waals surface area (Å²) in [5.74, 6) is 1.17. The van der Waals surface area contributed by atoms with Crippen LogP contribution in [0.1, 0.15) is 41.5 Å². The van der Waals surface area contributed by atoms with Crippen LogP contribution in [0, 0.1) is 0 Å². The maximum Gasteiger partial charge on any atom is 0.228 e. The van der Waals surface area contributed by atoms with Gasteiger partial charge in [-0.05, 0) is 37.0 Å². The molecule has 0 aromatic rings. The van der Waals surface area contributed by atoms with Gasteiger partial charge in [-0.2, -0.15) is 0 Å². The third-order valence-electron chi connectivity index (χ3n) is 3.42. The molecule has 0 atom stereocenters. The van der Waals surface area contributed by atoms with E-state index in [1.54, 1.807) is 0 Å². The lowest BCUT2D eigenvalue weighted by molar-refractivity contribution is 1.42. The smallest absolute Gasteiger partial charge is 0.130 e. The molecule has 0 saturated carbocycles. The topological polar surface area (TPSA) is 0 Å². The van der Waals surface area contributed by atoms with Crippen LogP contribution in [-0.2, 0) is 0 Å². The Kier molecular flexibility index (Phi) is 11.2. The van der Waals surface area contributed by atoms with Gasteiger partial charge in [0.1, 0.15) is 0 Å². The second-order valence-corrected chi connectivity index (χ2v) is 14.1. The van der Waals surface area contributed by atoms with Crippen molar-refractivity contribution in [3.05, 3.63) is 0 Å². The minimum Gasteiger partial charge on any atom is -0.130 e. The molecular formula is C12H30BP3. The first kappa shape index (κ1) is 17.4. The summed E-state index contributed by atoms with van der Waals surface area (Å²) >= 11 is 0. The normalized spacial score (nSPS) is 11.8. The highest BCUT2D eigenvalue weighted by Gasteiger charge is 2.33. The summed E-state index contributed by atoms with van der Waals surface area (Å²) in [6, 6.07) is 0. The van der Waals surface area contributed by atoms with Crippen LogP contribution in [0.2, 0.25) is 0 Å². The van der Waals surface area contributed by atoms with Gasteiger partial charge < -0.3 is 0 Å². The van der Waals surface area contributed by atoms with E-state index < -0.39 is 0 Å². The van der Waals surface area contributed by atoms with E-state index in [4.69, 9.17) is 0 Å². The van der Waals surface area contributed by atoms with Gasteiger partial charge in [-0.1, -0.05) is 41.5 Å². The molecule has 0 aliphatic rings. The Bertz CT molecular complexity index is 126. The predicted molar refractivity (Wildman–Crippen MR) is 89.8 cm³/mol. The van der Waals surface area contributed by atoms with Crippen LogP contribution in [0.3, 0.4) is 0 Å². The first-order chi connectivity index (χ1) is 7.69. The zero-order chi connectivity index (χ0) is 12.6. The van der Waals surface area contributed by atoms with Crippen LogP contribution >= 0.6 is 23.4 Å². The molecule has 0 aliphatic carbocycles. The zero-order valence-electron chi connectivity index (χ0n) is 12.2. The molecule has 0 aromatic heterocycles. The van der Waals surface area contributed by atoms with Gasteiger partial charge in [0.05, 0.1) is 0 Å². The molecule has 0 spiro atoms. The molecule has 4 heteroatoms. The molecular weight excluding hydrogens is 248 g/mol. The third kappa shape index (κ3) is 4.92. The summed E-state index contributed by atoms with van der Waals surface area (Å²) in [6.45, 7) is 14.6. The van der Waals surface area contributed by atoms with Crippen LogP contribution in [0.4, 0.5) is 0 Å². The van der Waals surface area contributed by atoms with Crippen molar-refractivity contribution in [3.63, 3.8) is 0 Å². The molecule has 0 N–H and O–H groups in total. The zero-order valence-corrected chi connectivity index (χ0v) is 14.8. The van der Waals surface area contributed by atoms with Gasteiger partial charge in [0, 0.05) is 0 Å². The Balaban J connectivity index is 4.84. The Hall–Kier alpha value is 1.35. The molecule has 0 aliphatic heterocycles. The van der Waals surface area contributed by atoms with Crippen molar-refractivity contribution in [2.45, 2.75) is 41.5 Å². The molecule has 0 heterocycles. The SMILES string of the molecule is CCP(CC)B(P(CC)CC)P(CC)CC. The van der Waals surface area contributed by atoms with Crippen molar-refractivity contribution in [2.75, 3.05) is 37.0 Å². The fourth-order valence-electron chi connectivity index (χ4n) is 2.34. The lowest BCUT2D eigenvalue weighted by atomic mass is 10.6. The van der Waals surface area contributed by atoms with Gasteiger partial charge >= 0.3 is 0 Å². The van der Waals surface area contributed by atoms with Gasteiger partial charge in [0.2, 0.25) is 5.87 Å². The second kappa shape index (κ2) is 10.3. The first-order valence-corrected chi connectivity index (χ1v) is 12.3. The highest BCUT2D eigenvalue weighted by molar-refractivity contribution is 8.42. The third-order valence-corrected chi connectivity index (χ3v) is 16.1. The Labute approximate surface area is 108 Å². The van der Waals surface area contributed by atoms with Crippen molar-refractivity contribution >= 4 is 29.3 Å². The number of rotatable bonds is 9. The molecule has 0 rings (SSSR count). The molecule has 0 unspecified atom stereocenters. The fourth-order valence-corrected chi connectivity index (χ4v) is 17.1. The molecule has 96 valence electrons. The van der Waals surface area contributed by atoms with Crippen molar-refractivity contribution in [2.24, 2.45) is 0 Å². The largest absolute Gasteiger partial charge is 0.228 e. The van der Waals surface area contributed by atoms with Crippen molar-refractivity contribution in [3.8, 4) is 0 Å². The lowest BCUT2D eigenvalue weighted by Crippen LogP contribution is -2.15. The van der Waals surface area contributed by atoms with E-state index in [0.717, 1.165) is 0 Å². The van der Waals surface area contributed by atoms with Crippen LogP contribution < -0.4 is 0 Å². The number of hydrogen-bond donors (Lipinski definition) is 0. The monoisotopic (exact) mass is 278 g/mol. The van der Waals surface area contributed by atoms with Crippen LogP contribution in [0.5, 0.6) is 0 Å². The molecule has 0 amide bonds. The summed E-state index contributed by atoms with van der Waals surface area (Å²) in [4.78, 5) is 0. The quantitative estimate of drug-likeness (QED) is 0.384. The Morgan fingerprint density at radius 1 is 0.500 bits per heavy atom. The van der Waals surface area contributed by atoms with Gasteiger partial charge in [0.25, 0.3) is 0 Å². The van der Waals surface area contributed by atoms with E-state index in [1.807, 2.05) is 0 Å². The second-order valence-electron chi connectivity index (χ2n) is 4.01. The van der Waals surface area contributed by atoms with Crippen LogP contribution in [-0.4, -0.2) is 42.8 Å². The molecule has 0 radical (unpaired) electrons. The maximum atomic E-state index is 2.43. The molecule has 0 bridgehead atoms. The Morgan fingerprint density at radius 3 is 0.812 bits per heavy atom. The van der Waals surface area contributed by atoms with E-state index in [9.17, 15) is 0 Å². The molecule has 0 aromatic carbocycles. The van der Waals surface area contributed by atoms with Crippen molar-refractivity contribution in [1.29, 1.82) is 0 Å². The molecule has 16 heavy (non-hydrogen) atoms. The standard InChI is InChI=1S/C12H30BP3/c1-7-14(8-2)13(15(9-3)10-4)16(11-5)12-6/h7-12H2,1-6H3. The van der Waals surface area contributed by atoms with Gasteiger partial charge in [-0.25, -0.2) is 0 Å². The summed E-state index contributed by atoms with van der Waals surface area (Å²) in [5, 5.41) is 0. The average Bonchev–Trinajstić information content (AvgIpc) is 2.33. The molecule has 0 saturated heterocycles. The first-order valence-electron chi connectivity index (χ1n) is 6.91. The highest BCUT2D eigenvalue weighted by atomic mass is 31.2. The summed E-state index contributed by atoms with van der Waals surface area (Å²) in [7, 11) is 1.01. The maximum absolute atomic E-state index is 2.43. The average molecular weight is 278 g/mol. The minimum absolute atomic E-state index is 0.336. The Morgan fingerprint density at radius 2 is 0.688 bits per heavy atom. The summed E-state index contributed by atoms with van der Waals surface area (Å²) in [5.41, 5.74) is 0. The summed E-state index contributed by atoms with van der Waals surface area (Å²) < 4.78 is 0. The van der Waals surface area contributed by atoms with E-state index in [-0.39, 0.29) is 0 Å². The van der Waals surface area contributed by atoms with Gasteiger partial charge in [0.15, 0.2) is 0 Å². The minimum atomic E-state index is 0.336.